The topological polar surface area (TPSA) is 67.2 Å². The van der Waals surface area contributed by atoms with Gasteiger partial charge in [-0.2, -0.15) is 5.10 Å². The van der Waals surface area contributed by atoms with E-state index >= 15 is 0 Å². The van der Waals surface area contributed by atoms with Crippen LogP contribution < -0.4 is 4.74 Å². The highest BCUT2D eigenvalue weighted by molar-refractivity contribution is 5.64. The number of hydrogen-bond donors (Lipinski definition) is 1. The molecular formula is C20H24N4O2. The van der Waals surface area contributed by atoms with Crippen molar-refractivity contribution in [3.63, 3.8) is 0 Å². The van der Waals surface area contributed by atoms with E-state index in [1.165, 1.54) is 12.0 Å². The Morgan fingerprint density at radius 1 is 1.35 bits per heavy atom. The maximum atomic E-state index is 5.60. The average Bonchev–Trinajstić information content (AvgIpc) is 3.42. The largest absolute Gasteiger partial charge is 0.497 e. The summed E-state index contributed by atoms with van der Waals surface area (Å²) in [6.45, 7) is 3.98. The SMILES string of the molecule is CCc1cc([C@H]2CCCN2Cc2cn[nH]c2-c2cccc(OC)c2)on1. The highest BCUT2D eigenvalue weighted by Crippen LogP contribution is 2.35. The van der Waals surface area contributed by atoms with Crippen LogP contribution in [0, 0.1) is 0 Å². The maximum Gasteiger partial charge on any atom is 0.154 e. The summed E-state index contributed by atoms with van der Waals surface area (Å²) in [6.07, 6.45) is 5.09. The summed E-state index contributed by atoms with van der Waals surface area (Å²) in [4.78, 5) is 2.45. The average molecular weight is 352 g/mol. The molecule has 1 saturated heterocycles. The maximum absolute atomic E-state index is 5.60. The van der Waals surface area contributed by atoms with Crippen molar-refractivity contribution >= 4 is 0 Å². The van der Waals surface area contributed by atoms with Crippen LogP contribution in [0.1, 0.15) is 42.8 Å². The van der Waals surface area contributed by atoms with E-state index < -0.39 is 0 Å². The molecule has 0 aliphatic carbocycles. The molecule has 0 bridgehead atoms. The zero-order valence-electron chi connectivity index (χ0n) is 15.2. The monoisotopic (exact) mass is 352 g/mol. The molecule has 2 aromatic heterocycles. The summed E-state index contributed by atoms with van der Waals surface area (Å²) in [5, 5.41) is 11.6. The Labute approximate surface area is 153 Å². The fraction of sp³-hybridized carbons (Fsp3) is 0.400. The minimum atomic E-state index is 0.288. The van der Waals surface area contributed by atoms with Gasteiger partial charge in [0.1, 0.15) is 5.75 Å². The summed E-state index contributed by atoms with van der Waals surface area (Å²) < 4.78 is 11.0. The summed E-state index contributed by atoms with van der Waals surface area (Å²) >= 11 is 0. The van der Waals surface area contributed by atoms with Gasteiger partial charge in [-0.3, -0.25) is 10.00 Å². The molecule has 0 amide bonds. The molecule has 1 N–H and O–H groups in total. The first kappa shape index (κ1) is 16.8. The minimum absolute atomic E-state index is 0.288. The fourth-order valence-corrected chi connectivity index (χ4v) is 3.67. The number of H-pyrrole nitrogens is 1. The number of benzene rings is 1. The number of aromatic amines is 1. The highest BCUT2D eigenvalue weighted by atomic mass is 16.5. The van der Waals surface area contributed by atoms with Gasteiger partial charge in [0.15, 0.2) is 5.76 Å². The Kier molecular flexibility index (Phi) is 4.75. The Morgan fingerprint density at radius 2 is 2.27 bits per heavy atom. The molecule has 0 spiro atoms. The Balaban J connectivity index is 1.56. The first-order valence-electron chi connectivity index (χ1n) is 9.14. The molecule has 3 aromatic rings. The van der Waals surface area contributed by atoms with Gasteiger partial charge in [0.25, 0.3) is 0 Å². The van der Waals surface area contributed by atoms with E-state index in [2.05, 4.69) is 39.3 Å². The third-order valence-corrected chi connectivity index (χ3v) is 5.08. The van der Waals surface area contributed by atoms with Crippen LogP contribution in [0.15, 0.2) is 41.1 Å². The molecule has 1 aliphatic heterocycles. The molecule has 136 valence electrons. The summed E-state index contributed by atoms with van der Waals surface area (Å²) in [5.74, 6) is 1.82. The lowest BCUT2D eigenvalue weighted by Gasteiger charge is -2.22. The number of aromatic nitrogens is 3. The Hall–Kier alpha value is -2.60. The third-order valence-electron chi connectivity index (χ3n) is 5.08. The molecule has 3 heterocycles. The smallest absolute Gasteiger partial charge is 0.154 e. The van der Waals surface area contributed by atoms with E-state index in [9.17, 15) is 0 Å². The van der Waals surface area contributed by atoms with Gasteiger partial charge in [-0.1, -0.05) is 24.2 Å². The molecule has 0 unspecified atom stereocenters. The number of nitrogens with zero attached hydrogens (tertiary/aromatic N) is 3. The highest BCUT2D eigenvalue weighted by Gasteiger charge is 2.30. The predicted octanol–water partition coefficient (Wildman–Crippen LogP) is 3.97. The van der Waals surface area contributed by atoms with Crippen molar-refractivity contribution in [2.24, 2.45) is 0 Å². The molecule has 4 rings (SSSR count). The molecule has 6 nitrogen and oxygen atoms in total. The van der Waals surface area contributed by atoms with E-state index in [1.54, 1.807) is 7.11 Å². The van der Waals surface area contributed by atoms with E-state index in [0.717, 1.165) is 54.4 Å². The van der Waals surface area contributed by atoms with Crippen molar-refractivity contribution in [2.75, 3.05) is 13.7 Å². The zero-order valence-corrected chi connectivity index (χ0v) is 15.2. The van der Waals surface area contributed by atoms with Crippen LogP contribution in [0.3, 0.4) is 0 Å². The van der Waals surface area contributed by atoms with E-state index in [-0.39, 0.29) is 6.04 Å². The van der Waals surface area contributed by atoms with Crippen molar-refractivity contribution in [2.45, 2.75) is 38.8 Å². The normalized spacial score (nSPS) is 17.7. The van der Waals surface area contributed by atoms with Crippen molar-refractivity contribution in [3.8, 4) is 17.0 Å². The van der Waals surface area contributed by atoms with Gasteiger partial charge in [0.05, 0.1) is 30.7 Å². The number of rotatable bonds is 6. The third kappa shape index (κ3) is 3.24. The molecule has 1 aromatic carbocycles. The zero-order chi connectivity index (χ0) is 17.9. The quantitative estimate of drug-likeness (QED) is 0.727. The van der Waals surface area contributed by atoms with Gasteiger partial charge in [-0.05, 0) is 37.9 Å². The molecule has 0 radical (unpaired) electrons. The first-order chi connectivity index (χ1) is 12.8. The molecular weight excluding hydrogens is 328 g/mol. The van der Waals surface area contributed by atoms with Crippen molar-refractivity contribution in [3.05, 3.63) is 53.5 Å². The van der Waals surface area contributed by atoms with Crippen LogP contribution in [0.2, 0.25) is 0 Å². The van der Waals surface area contributed by atoms with E-state index in [4.69, 9.17) is 9.26 Å². The second kappa shape index (κ2) is 7.33. The first-order valence-corrected chi connectivity index (χ1v) is 9.14. The number of hydrogen-bond acceptors (Lipinski definition) is 5. The van der Waals surface area contributed by atoms with Gasteiger partial charge in [-0.15, -0.1) is 0 Å². The van der Waals surface area contributed by atoms with Gasteiger partial charge in [0.2, 0.25) is 0 Å². The second-order valence-electron chi connectivity index (χ2n) is 6.70. The molecule has 1 atom stereocenters. The molecule has 1 aliphatic rings. The van der Waals surface area contributed by atoms with Crippen LogP contribution in [0.5, 0.6) is 5.75 Å². The standard InChI is InChI=1S/C20H24N4O2/c1-3-16-11-19(26-23-16)18-8-5-9-24(18)13-15-12-21-22-20(15)14-6-4-7-17(10-14)25-2/h4,6-7,10-12,18H,3,5,8-9,13H2,1-2H3,(H,21,22)/t18-/m1/s1. The Bertz CT molecular complexity index is 870. The fourth-order valence-electron chi connectivity index (χ4n) is 3.67. The summed E-state index contributed by atoms with van der Waals surface area (Å²) in [6, 6.07) is 10.4. The second-order valence-corrected chi connectivity index (χ2v) is 6.70. The van der Waals surface area contributed by atoms with Crippen molar-refractivity contribution in [1.29, 1.82) is 0 Å². The molecule has 1 fully saturated rings. The molecule has 6 heteroatoms. The lowest BCUT2D eigenvalue weighted by atomic mass is 10.1. The van der Waals surface area contributed by atoms with Gasteiger partial charge >= 0.3 is 0 Å². The lowest BCUT2D eigenvalue weighted by Crippen LogP contribution is -2.22. The molecule has 26 heavy (non-hydrogen) atoms. The number of ether oxygens (including phenoxy) is 1. The van der Waals surface area contributed by atoms with Gasteiger partial charge in [-0.25, -0.2) is 0 Å². The van der Waals surface area contributed by atoms with Gasteiger partial charge in [0, 0.05) is 23.7 Å². The van der Waals surface area contributed by atoms with E-state index in [1.807, 2.05) is 24.4 Å². The summed E-state index contributed by atoms with van der Waals surface area (Å²) in [7, 11) is 1.68. The summed E-state index contributed by atoms with van der Waals surface area (Å²) in [5.41, 5.74) is 4.33. The number of likely N-dealkylation sites (tertiary alicyclic amines) is 1. The minimum Gasteiger partial charge on any atom is -0.497 e. The number of methoxy groups -OCH3 is 1. The lowest BCUT2D eigenvalue weighted by molar-refractivity contribution is 0.206. The van der Waals surface area contributed by atoms with Crippen LogP contribution in [0.25, 0.3) is 11.3 Å². The predicted molar refractivity (Wildman–Crippen MR) is 98.8 cm³/mol. The van der Waals surface area contributed by atoms with Crippen LogP contribution >= 0.6 is 0 Å². The molecule has 0 saturated carbocycles. The Morgan fingerprint density at radius 3 is 3.08 bits per heavy atom. The van der Waals surface area contributed by atoms with Crippen LogP contribution in [0.4, 0.5) is 0 Å². The van der Waals surface area contributed by atoms with Crippen LogP contribution in [-0.4, -0.2) is 33.9 Å². The number of aryl methyl sites for hydroxylation is 1. The van der Waals surface area contributed by atoms with E-state index in [0.29, 0.717) is 0 Å². The van der Waals surface area contributed by atoms with Crippen molar-refractivity contribution < 1.29 is 9.26 Å². The van der Waals surface area contributed by atoms with Gasteiger partial charge < -0.3 is 9.26 Å². The van der Waals surface area contributed by atoms with Crippen molar-refractivity contribution in [1.82, 2.24) is 20.3 Å². The number of nitrogens with one attached hydrogen (secondary N) is 1. The van der Waals surface area contributed by atoms with Crippen LogP contribution in [-0.2, 0) is 13.0 Å².